The molecule has 1 atom stereocenters. The molecule has 0 heterocycles. The van der Waals surface area contributed by atoms with Crippen molar-refractivity contribution in [3.05, 3.63) is 0 Å². The van der Waals surface area contributed by atoms with Gasteiger partial charge < -0.3 is 0 Å². The van der Waals surface area contributed by atoms with Gasteiger partial charge in [-0.1, -0.05) is 0 Å². The quantitative estimate of drug-likeness (QED) is 0.124. The van der Waals surface area contributed by atoms with Gasteiger partial charge in [-0.05, 0) is 0 Å². The smallest absolute Gasteiger partial charge is 0.283 e. The maximum absolute atomic E-state index is 14.8. The van der Waals surface area contributed by atoms with Crippen molar-refractivity contribution < 1.29 is 175 Å². The predicted octanol–water partition coefficient (Wildman–Crippen LogP) is 11.2. The normalized spacial score (nSPS) is 18.3. The number of hydrogen-bond donors (Lipinski definition) is 1. The molecule has 0 aliphatic heterocycles. The number of alkyl halides is 37. The molecule has 0 amide bonds. The average molecular weight is 1000 g/mol. The minimum absolute atomic E-state index is 8.17. The molecule has 0 aromatic rings. The summed E-state index contributed by atoms with van der Waals surface area (Å²) < 4.78 is 528. The molecule has 0 saturated carbocycles. The summed E-state index contributed by atoms with van der Waals surface area (Å²) in [5.41, 5.74) is 0. The highest BCUT2D eigenvalue weighted by Crippen LogP contribution is 2.71. The lowest BCUT2D eigenvalue weighted by Crippen LogP contribution is -2.82. The third-order valence-corrected chi connectivity index (χ3v) is 8.23. The summed E-state index contributed by atoms with van der Waals surface area (Å²) >= 11 is 0. The van der Waals surface area contributed by atoms with Gasteiger partial charge in [0.15, 0.2) is 0 Å². The number of halogens is 37. The summed E-state index contributed by atoms with van der Waals surface area (Å²) in [6.07, 6.45) is -17.1. The van der Waals surface area contributed by atoms with Crippen LogP contribution in [0.15, 0.2) is 0 Å². The van der Waals surface area contributed by atoms with Gasteiger partial charge in [0.2, 0.25) is 0 Å². The fraction of sp³-hybridized carbons (Fsp3) is 1.00. The highest BCUT2D eigenvalue weighted by atomic mass is 32.2. The van der Waals surface area contributed by atoms with Crippen LogP contribution in [0.1, 0.15) is 0 Å². The van der Waals surface area contributed by atoms with E-state index in [9.17, 15) is 171 Å². The maximum atomic E-state index is 14.8. The van der Waals surface area contributed by atoms with Gasteiger partial charge in [-0.3, -0.25) is 4.55 Å². The lowest BCUT2D eigenvalue weighted by Gasteiger charge is -2.48. The van der Waals surface area contributed by atoms with Crippen molar-refractivity contribution in [2.45, 2.75) is 106 Å². The molecule has 0 rings (SSSR count). The second kappa shape index (κ2) is 13.2. The van der Waals surface area contributed by atoms with Gasteiger partial charge in [-0.15, -0.1) is 0 Å². The Morgan fingerprint density at radius 3 is 0.407 bits per heavy atom. The second-order valence-electron chi connectivity index (χ2n) is 10.7. The Morgan fingerprint density at radius 1 is 0.203 bits per heavy atom. The Hall–Kier alpha value is -2.68. The largest absolute Gasteiger partial charge is 0.460 e. The van der Waals surface area contributed by atoms with E-state index >= 15 is 0 Å². The molecule has 0 aliphatic rings. The van der Waals surface area contributed by atoms with E-state index < -0.39 is 116 Å². The second-order valence-corrected chi connectivity index (χ2v) is 12.2. The van der Waals surface area contributed by atoms with E-state index in [-0.39, 0.29) is 0 Å². The minimum atomic E-state index is -10.7. The van der Waals surface area contributed by atoms with E-state index in [1.807, 2.05) is 0 Å². The molecule has 0 bridgehead atoms. The van der Waals surface area contributed by atoms with Gasteiger partial charge >= 0.3 is 116 Å². The van der Waals surface area contributed by atoms with Crippen molar-refractivity contribution in [1.82, 2.24) is 0 Å². The van der Waals surface area contributed by atoms with Crippen molar-refractivity contribution in [2.75, 3.05) is 0 Å². The van der Waals surface area contributed by atoms with Gasteiger partial charge in [-0.25, -0.2) is 4.39 Å². The van der Waals surface area contributed by atoms with Crippen LogP contribution in [0, 0.1) is 0 Å². The van der Waals surface area contributed by atoms with E-state index in [0.29, 0.717) is 0 Å². The molecule has 356 valence electrons. The molecular weight excluding hydrogens is 999 g/mol. The molecule has 0 saturated heterocycles. The third-order valence-electron chi connectivity index (χ3n) is 7.00. The van der Waals surface area contributed by atoms with Crippen LogP contribution in [-0.2, 0) is 10.1 Å². The van der Waals surface area contributed by atoms with Crippen LogP contribution in [0.2, 0.25) is 0 Å². The van der Waals surface area contributed by atoms with Crippen LogP contribution in [0.3, 0.4) is 0 Å². The number of rotatable bonds is 16. The summed E-state index contributed by atoms with van der Waals surface area (Å²) in [6, 6.07) is 0. The van der Waals surface area contributed by atoms with Gasteiger partial charge in [0.1, 0.15) is 0 Å². The van der Waals surface area contributed by atoms with Crippen LogP contribution in [0.25, 0.3) is 0 Å². The van der Waals surface area contributed by atoms with Gasteiger partial charge in [0.25, 0.3) is 0 Å². The molecule has 0 radical (unpaired) electrons. The van der Waals surface area contributed by atoms with Crippen LogP contribution >= 0.6 is 0 Å². The van der Waals surface area contributed by atoms with Crippen LogP contribution < -0.4 is 0 Å². The van der Waals surface area contributed by atoms with Crippen LogP contribution in [-0.4, -0.2) is 119 Å². The van der Waals surface area contributed by atoms with E-state index in [1.165, 1.54) is 0 Å². The predicted molar refractivity (Wildman–Crippen MR) is 102 cm³/mol. The summed E-state index contributed by atoms with van der Waals surface area (Å²) in [4.78, 5) is 0. The van der Waals surface area contributed by atoms with Crippen molar-refractivity contribution in [2.24, 2.45) is 0 Å². The Kier molecular flexibility index (Phi) is 12.6. The summed E-state index contributed by atoms with van der Waals surface area (Å²) in [6.45, 7) is 0. The van der Waals surface area contributed by atoms with E-state index in [0.717, 1.165) is 0 Å². The molecule has 59 heavy (non-hydrogen) atoms. The number of hydrogen-bond acceptors (Lipinski definition) is 2. The van der Waals surface area contributed by atoms with Gasteiger partial charge in [0.05, 0.1) is 0 Å². The fourth-order valence-corrected chi connectivity index (χ4v) is 4.35. The standard InChI is InChI=1S/C18HF37O3S/c19-1(20,3(23,24)6(29,30)10(37,38)14(45,46)17(50,51)52)2(21,22)4(25,26)8(33,34)12(41,42)16(49,59(56,57)58)13(43,44)9(35,36)5(27,28)7(31,32)11(39,40)15(47,48)18(53,54)55/h(H,56,57,58). The lowest BCUT2D eigenvalue weighted by molar-refractivity contribution is -0.481. The molecule has 0 fully saturated rings. The Balaban J connectivity index is 8.37. The molecule has 41 heteroatoms. The monoisotopic (exact) mass is 1000 g/mol. The Morgan fingerprint density at radius 2 is 0.305 bits per heavy atom. The van der Waals surface area contributed by atoms with Crippen molar-refractivity contribution in [3.63, 3.8) is 0 Å². The highest BCUT2D eigenvalue weighted by Gasteiger charge is 3.04. The van der Waals surface area contributed by atoms with Crippen molar-refractivity contribution in [3.8, 4) is 0 Å². The molecular formula is C18HF37O3S. The average Bonchev–Trinajstić information content (AvgIpc) is 2.97. The van der Waals surface area contributed by atoms with Gasteiger partial charge in [0, 0.05) is 0 Å². The van der Waals surface area contributed by atoms with Crippen LogP contribution in [0.5, 0.6) is 0 Å². The molecule has 0 aliphatic carbocycles. The van der Waals surface area contributed by atoms with Gasteiger partial charge in [-0.2, -0.15) is 166 Å². The minimum Gasteiger partial charge on any atom is -0.283 e. The fourth-order valence-electron chi connectivity index (χ4n) is 3.45. The van der Waals surface area contributed by atoms with E-state index in [1.54, 1.807) is 0 Å². The maximum Gasteiger partial charge on any atom is 0.460 e. The zero-order chi connectivity index (χ0) is 49.5. The Labute approximate surface area is 293 Å². The summed E-state index contributed by atoms with van der Waals surface area (Å²) in [5.74, 6) is -151. The lowest BCUT2D eigenvalue weighted by atomic mass is 9.83. The molecule has 1 unspecified atom stereocenters. The van der Waals surface area contributed by atoms with Crippen LogP contribution in [0.4, 0.5) is 162 Å². The molecule has 0 spiro atoms. The summed E-state index contributed by atoms with van der Waals surface area (Å²) in [5, 5.41) is -10.5. The molecule has 0 aromatic carbocycles. The van der Waals surface area contributed by atoms with E-state index in [4.69, 9.17) is 4.55 Å². The first-order valence-electron chi connectivity index (χ1n) is 12.0. The summed E-state index contributed by atoms with van der Waals surface area (Å²) in [7, 11) is -10.2. The zero-order valence-corrected chi connectivity index (χ0v) is 25.5. The van der Waals surface area contributed by atoms with Crippen molar-refractivity contribution >= 4 is 10.1 Å². The molecule has 3 nitrogen and oxygen atoms in total. The Bertz CT molecular complexity index is 1680. The first-order chi connectivity index (χ1) is 24.5. The molecule has 0 aromatic heterocycles. The molecule has 1 N–H and O–H groups in total. The SMILES string of the molecule is O=S(=O)(O)C(F)(C(F)(F)C(F)(F)C(F)(F)C(F)(F)C(F)(F)C(F)(F)C(F)(F)F)C(F)(F)C(F)(F)C(F)(F)C(F)(F)C(F)(F)C(F)(F)C(F)(F)C(F)(F)C(F)(F)C(F)(F)F. The van der Waals surface area contributed by atoms with Crippen molar-refractivity contribution in [1.29, 1.82) is 0 Å². The highest BCUT2D eigenvalue weighted by molar-refractivity contribution is 7.87. The zero-order valence-electron chi connectivity index (χ0n) is 24.7. The first-order valence-corrected chi connectivity index (χ1v) is 13.4. The van der Waals surface area contributed by atoms with E-state index in [2.05, 4.69) is 0 Å². The first kappa shape index (κ1) is 56.3. The third kappa shape index (κ3) is 6.20. The topological polar surface area (TPSA) is 54.4 Å².